The lowest BCUT2D eigenvalue weighted by atomic mass is 9.88. The van der Waals surface area contributed by atoms with E-state index in [0.29, 0.717) is 24.5 Å². The van der Waals surface area contributed by atoms with E-state index >= 15 is 0 Å². The van der Waals surface area contributed by atoms with E-state index in [1.165, 1.54) is 0 Å². The fourth-order valence-corrected chi connectivity index (χ4v) is 2.91. The van der Waals surface area contributed by atoms with Crippen molar-refractivity contribution in [1.82, 2.24) is 4.90 Å². The molecule has 1 aliphatic heterocycles. The van der Waals surface area contributed by atoms with E-state index in [-0.39, 0.29) is 17.9 Å². The van der Waals surface area contributed by atoms with Gasteiger partial charge >= 0.3 is 0 Å². The smallest absolute Gasteiger partial charge is 0.222 e. The third-order valence-corrected chi connectivity index (χ3v) is 4.02. The van der Waals surface area contributed by atoms with Crippen molar-refractivity contribution in [2.45, 2.75) is 31.7 Å². The maximum absolute atomic E-state index is 11.9. The van der Waals surface area contributed by atoms with Gasteiger partial charge in [-0.05, 0) is 24.1 Å². The molecule has 116 valence electrons. The van der Waals surface area contributed by atoms with E-state index in [1.807, 2.05) is 30.0 Å². The molecule has 1 amide bonds. The molecule has 0 spiro atoms. The van der Waals surface area contributed by atoms with Crippen LogP contribution in [0.15, 0.2) is 18.2 Å². The molecule has 1 fully saturated rings. The molecule has 0 aromatic heterocycles. The van der Waals surface area contributed by atoms with E-state index in [9.17, 15) is 4.79 Å². The van der Waals surface area contributed by atoms with E-state index in [1.54, 1.807) is 14.2 Å². The Hall–Kier alpha value is -1.75. The van der Waals surface area contributed by atoms with Gasteiger partial charge in [-0.15, -0.1) is 0 Å². The summed E-state index contributed by atoms with van der Waals surface area (Å²) in [6.07, 6.45) is 1.40. The predicted octanol–water partition coefficient (Wildman–Crippen LogP) is 1.76. The number of hydrogen-bond donors (Lipinski definition) is 1. The van der Waals surface area contributed by atoms with Gasteiger partial charge in [0.25, 0.3) is 0 Å². The lowest BCUT2D eigenvalue weighted by molar-refractivity contribution is -0.132. The molecule has 2 N–H and O–H groups in total. The van der Waals surface area contributed by atoms with Gasteiger partial charge in [0.1, 0.15) is 0 Å². The second-order valence-electron chi connectivity index (χ2n) is 5.46. The molecule has 1 saturated heterocycles. The van der Waals surface area contributed by atoms with Gasteiger partial charge in [0.15, 0.2) is 11.5 Å². The summed E-state index contributed by atoms with van der Waals surface area (Å²) in [7, 11) is 3.25. The van der Waals surface area contributed by atoms with Crippen LogP contribution in [-0.2, 0) is 4.79 Å². The molecule has 5 heteroatoms. The molecule has 1 heterocycles. The molecule has 2 atom stereocenters. The summed E-state index contributed by atoms with van der Waals surface area (Å²) >= 11 is 0. The molecule has 0 bridgehead atoms. The summed E-state index contributed by atoms with van der Waals surface area (Å²) in [5.41, 5.74) is 7.26. The van der Waals surface area contributed by atoms with E-state index in [2.05, 4.69) is 0 Å². The van der Waals surface area contributed by atoms with Crippen LogP contribution in [-0.4, -0.2) is 44.2 Å². The standard InChI is InChI=1S/C16H24N2O3/c1-4-16(19)18-9-12(7-13(17)10-18)11-5-6-14(20-2)15(8-11)21-3/h5-6,8,12-13H,4,7,9-10,17H2,1-3H3. The van der Waals surface area contributed by atoms with Crippen molar-refractivity contribution in [3.63, 3.8) is 0 Å². The van der Waals surface area contributed by atoms with Crippen molar-refractivity contribution in [2.24, 2.45) is 5.73 Å². The SMILES string of the molecule is CCC(=O)N1CC(N)CC(c2ccc(OC)c(OC)c2)C1. The van der Waals surface area contributed by atoms with Gasteiger partial charge in [0.05, 0.1) is 14.2 Å². The number of nitrogens with zero attached hydrogens (tertiary/aromatic N) is 1. The molecule has 1 aliphatic rings. The van der Waals surface area contributed by atoms with E-state index in [0.717, 1.165) is 18.5 Å². The molecule has 21 heavy (non-hydrogen) atoms. The predicted molar refractivity (Wildman–Crippen MR) is 81.8 cm³/mol. The Bertz CT molecular complexity index is 504. The Labute approximate surface area is 126 Å². The Morgan fingerprint density at radius 1 is 1.29 bits per heavy atom. The average Bonchev–Trinajstić information content (AvgIpc) is 2.52. The third kappa shape index (κ3) is 3.47. The van der Waals surface area contributed by atoms with Crippen LogP contribution in [0.4, 0.5) is 0 Å². The number of carbonyl (C=O) groups is 1. The number of hydrogen-bond acceptors (Lipinski definition) is 4. The Morgan fingerprint density at radius 3 is 2.62 bits per heavy atom. The molecular formula is C16H24N2O3. The molecular weight excluding hydrogens is 268 g/mol. The largest absolute Gasteiger partial charge is 0.493 e. The van der Waals surface area contributed by atoms with E-state index in [4.69, 9.17) is 15.2 Å². The van der Waals surface area contributed by atoms with Crippen LogP contribution < -0.4 is 15.2 Å². The van der Waals surface area contributed by atoms with Crippen LogP contribution in [0.2, 0.25) is 0 Å². The highest BCUT2D eigenvalue weighted by molar-refractivity contribution is 5.76. The Kier molecular flexibility index (Phi) is 5.07. The Balaban J connectivity index is 2.22. The summed E-state index contributed by atoms with van der Waals surface area (Å²) in [4.78, 5) is 13.8. The van der Waals surface area contributed by atoms with Crippen LogP contribution in [0.1, 0.15) is 31.2 Å². The number of benzene rings is 1. The van der Waals surface area contributed by atoms with Gasteiger partial charge in [-0.25, -0.2) is 0 Å². The molecule has 1 aromatic carbocycles. The number of nitrogens with two attached hydrogens (primary N) is 1. The zero-order chi connectivity index (χ0) is 15.4. The van der Waals surface area contributed by atoms with Crippen LogP contribution in [0.25, 0.3) is 0 Å². The zero-order valence-corrected chi connectivity index (χ0v) is 13.0. The monoisotopic (exact) mass is 292 g/mol. The lowest BCUT2D eigenvalue weighted by Crippen LogP contribution is -2.48. The van der Waals surface area contributed by atoms with Crippen molar-refractivity contribution in [3.8, 4) is 11.5 Å². The van der Waals surface area contributed by atoms with Gasteiger partial charge in [-0.2, -0.15) is 0 Å². The molecule has 0 saturated carbocycles. The van der Waals surface area contributed by atoms with Crippen molar-refractivity contribution in [3.05, 3.63) is 23.8 Å². The number of methoxy groups -OCH3 is 2. The first-order valence-corrected chi connectivity index (χ1v) is 7.34. The first kappa shape index (κ1) is 15.6. The Morgan fingerprint density at radius 2 is 2.00 bits per heavy atom. The van der Waals surface area contributed by atoms with Crippen molar-refractivity contribution < 1.29 is 14.3 Å². The van der Waals surface area contributed by atoms with Crippen molar-refractivity contribution >= 4 is 5.91 Å². The normalized spacial score (nSPS) is 22.0. The van der Waals surface area contributed by atoms with Crippen molar-refractivity contribution in [2.75, 3.05) is 27.3 Å². The molecule has 5 nitrogen and oxygen atoms in total. The van der Waals surface area contributed by atoms with Crippen LogP contribution in [0.3, 0.4) is 0 Å². The van der Waals surface area contributed by atoms with Gasteiger partial charge < -0.3 is 20.1 Å². The number of ether oxygens (including phenoxy) is 2. The van der Waals surface area contributed by atoms with Crippen LogP contribution in [0, 0.1) is 0 Å². The summed E-state index contributed by atoms with van der Waals surface area (Å²) in [6, 6.07) is 5.93. The number of likely N-dealkylation sites (tertiary alicyclic amines) is 1. The molecule has 2 unspecified atom stereocenters. The molecule has 0 aliphatic carbocycles. The fourth-order valence-electron chi connectivity index (χ4n) is 2.91. The van der Waals surface area contributed by atoms with Crippen LogP contribution in [0.5, 0.6) is 11.5 Å². The number of amides is 1. The first-order chi connectivity index (χ1) is 10.1. The minimum Gasteiger partial charge on any atom is -0.493 e. The van der Waals surface area contributed by atoms with Gasteiger partial charge in [-0.1, -0.05) is 13.0 Å². The fraction of sp³-hybridized carbons (Fsp3) is 0.562. The summed E-state index contributed by atoms with van der Waals surface area (Å²) < 4.78 is 10.6. The minimum atomic E-state index is 0.0207. The molecule has 2 rings (SSSR count). The minimum absolute atomic E-state index is 0.0207. The first-order valence-electron chi connectivity index (χ1n) is 7.34. The quantitative estimate of drug-likeness (QED) is 0.918. The van der Waals surface area contributed by atoms with Gasteiger partial charge in [-0.3, -0.25) is 4.79 Å². The second kappa shape index (κ2) is 6.80. The zero-order valence-electron chi connectivity index (χ0n) is 13.0. The number of rotatable bonds is 4. The maximum Gasteiger partial charge on any atom is 0.222 e. The maximum atomic E-state index is 11.9. The summed E-state index contributed by atoms with van der Waals surface area (Å²) in [5.74, 6) is 1.82. The number of piperidine rings is 1. The van der Waals surface area contributed by atoms with Gasteiger partial charge in [0.2, 0.25) is 5.91 Å². The summed E-state index contributed by atoms with van der Waals surface area (Å²) in [5, 5.41) is 0. The average molecular weight is 292 g/mol. The highest BCUT2D eigenvalue weighted by Gasteiger charge is 2.28. The van der Waals surface area contributed by atoms with E-state index < -0.39 is 0 Å². The topological polar surface area (TPSA) is 64.8 Å². The summed E-state index contributed by atoms with van der Waals surface area (Å²) in [6.45, 7) is 3.25. The molecule has 1 aromatic rings. The van der Waals surface area contributed by atoms with Crippen LogP contribution >= 0.6 is 0 Å². The third-order valence-electron chi connectivity index (χ3n) is 4.02. The highest BCUT2D eigenvalue weighted by Crippen LogP contribution is 2.34. The number of carbonyl (C=O) groups excluding carboxylic acids is 1. The van der Waals surface area contributed by atoms with Crippen molar-refractivity contribution in [1.29, 1.82) is 0 Å². The highest BCUT2D eigenvalue weighted by atomic mass is 16.5. The second-order valence-corrected chi connectivity index (χ2v) is 5.46. The molecule has 0 radical (unpaired) electrons. The lowest BCUT2D eigenvalue weighted by Gasteiger charge is -2.36. The van der Waals surface area contributed by atoms with Gasteiger partial charge in [0, 0.05) is 31.5 Å².